The minimum atomic E-state index is -1.38. The maximum absolute atomic E-state index is 12.3. The van der Waals surface area contributed by atoms with Gasteiger partial charge in [0, 0.05) is 16.3 Å². The van der Waals surface area contributed by atoms with E-state index in [2.05, 4.69) is 10.0 Å². The number of ether oxygens (including phenoxy) is 2. The van der Waals surface area contributed by atoms with E-state index in [0.29, 0.717) is 12.8 Å². The van der Waals surface area contributed by atoms with Gasteiger partial charge in [0.05, 0.1) is 24.7 Å². The molecule has 0 aromatic carbocycles. The van der Waals surface area contributed by atoms with Crippen molar-refractivity contribution in [3.63, 3.8) is 0 Å². The van der Waals surface area contributed by atoms with Crippen LogP contribution in [-0.2, 0) is 19.1 Å². The Kier molecular flexibility index (Phi) is 8.47. The Bertz CT molecular complexity index is 573. The highest BCUT2D eigenvalue weighted by atomic mass is 16.6. The van der Waals surface area contributed by atoms with Gasteiger partial charge in [0.25, 0.3) is 0 Å². The Balaban J connectivity index is 3.32. The van der Waals surface area contributed by atoms with Crippen LogP contribution in [0.15, 0.2) is 5.11 Å². The predicted octanol–water partition coefficient (Wildman–Crippen LogP) is 2.88. The summed E-state index contributed by atoms with van der Waals surface area (Å²) in [5, 5.41) is 14.7. The molecule has 0 radical (unpaired) electrons. The second kappa shape index (κ2) is 10.1. The fourth-order valence-electron chi connectivity index (χ4n) is 3.50. The molecule has 0 bridgehead atoms. The second-order valence-corrected chi connectivity index (χ2v) is 6.40. The molecule has 1 aliphatic carbocycles. The van der Waals surface area contributed by atoms with E-state index in [-0.39, 0.29) is 19.1 Å². The number of esters is 1. The van der Waals surface area contributed by atoms with Crippen molar-refractivity contribution in [3.8, 4) is 0 Å². The van der Waals surface area contributed by atoms with Crippen molar-refractivity contribution in [1.29, 1.82) is 0 Å². The van der Waals surface area contributed by atoms with E-state index in [1.165, 1.54) is 0 Å². The van der Waals surface area contributed by atoms with Gasteiger partial charge in [-0.1, -0.05) is 20.8 Å². The second-order valence-electron chi connectivity index (χ2n) is 6.40. The number of rotatable bonds is 8. The third-order valence-corrected chi connectivity index (χ3v) is 4.97. The Hall–Kier alpha value is -2.19. The van der Waals surface area contributed by atoms with Crippen LogP contribution in [0.25, 0.3) is 10.4 Å². The van der Waals surface area contributed by atoms with Crippen molar-refractivity contribution < 1.29 is 24.0 Å². The first-order valence-corrected chi connectivity index (χ1v) is 8.86. The Labute approximate surface area is 152 Å². The van der Waals surface area contributed by atoms with Crippen LogP contribution >= 0.6 is 0 Å². The zero-order valence-corrected chi connectivity index (χ0v) is 15.5. The van der Waals surface area contributed by atoms with E-state index < -0.39 is 46.7 Å². The fourth-order valence-corrected chi connectivity index (χ4v) is 3.50. The van der Waals surface area contributed by atoms with Gasteiger partial charge in [-0.2, -0.15) is 0 Å². The molecule has 0 unspecified atom stereocenters. The Morgan fingerprint density at radius 2 is 1.96 bits per heavy atom. The number of hydrogen-bond acceptors (Lipinski definition) is 6. The highest BCUT2D eigenvalue weighted by molar-refractivity contribution is 5.82. The Morgan fingerprint density at radius 1 is 1.35 bits per heavy atom. The first-order valence-electron chi connectivity index (χ1n) is 8.86. The van der Waals surface area contributed by atoms with E-state index in [1.54, 1.807) is 13.8 Å². The zero-order valence-electron chi connectivity index (χ0n) is 15.5. The molecule has 1 rings (SSSR count). The van der Waals surface area contributed by atoms with Gasteiger partial charge in [0.2, 0.25) is 11.9 Å². The van der Waals surface area contributed by atoms with E-state index >= 15 is 0 Å². The molecule has 10 heteroatoms. The van der Waals surface area contributed by atoms with E-state index in [0.717, 1.165) is 0 Å². The summed E-state index contributed by atoms with van der Waals surface area (Å²) in [4.78, 5) is 38.1. The highest BCUT2D eigenvalue weighted by Gasteiger charge is 2.54. The third kappa shape index (κ3) is 4.92. The van der Waals surface area contributed by atoms with Crippen molar-refractivity contribution in [3.05, 3.63) is 20.6 Å². The molecule has 0 saturated heterocycles. The smallest absolute Gasteiger partial charge is 0.309 e. The lowest BCUT2D eigenvalue weighted by molar-refractivity contribution is -0.538. The summed E-state index contributed by atoms with van der Waals surface area (Å²) < 4.78 is 11.0. The molecule has 1 aliphatic rings. The quantitative estimate of drug-likeness (QED) is 0.160. The molecule has 0 spiro atoms. The third-order valence-electron chi connectivity index (χ3n) is 4.97. The van der Waals surface area contributed by atoms with Gasteiger partial charge in [-0.3, -0.25) is 19.7 Å². The van der Waals surface area contributed by atoms with Gasteiger partial charge in [-0.05, 0) is 36.3 Å². The summed E-state index contributed by atoms with van der Waals surface area (Å²) in [7, 11) is 0. The number of carbonyl (C=O) groups is 2. The normalized spacial score (nSPS) is 28.3. The molecule has 0 N–H and O–H groups in total. The van der Waals surface area contributed by atoms with Gasteiger partial charge in [-0.15, -0.1) is 0 Å². The minimum Gasteiger partial charge on any atom is -0.466 e. The van der Waals surface area contributed by atoms with Crippen molar-refractivity contribution in [1.82, 2.24) is 0 Å². The lowest BCUT2D eigenvalue weighted by Gasteiger charge is -2.41. The molecule has 0 aromatic rings. The van der Waals surface area contributed by atoms with Gasteiger partial charge >= 0.3 is 5.97 Å². The van der Waals surface area contributed by atoms with E-state index in [9.17, 15) is 19.7 Å². The predicted molar refractivity (Wildman–Crippen MR) is 91.6 cm³/mol. The number of carbonyl (C=O) groups excluding carboxylic acids is 2. The monoisotopic (exact) mass is 370 g/mol. The maximum Gasteiger partial charge on any atom is 0.309 e. The molecule has 146 valence electrons. The number of hydrogen-bond donors (Lipinski definition) is 0. The van der Waals surface area contributed by atoms with Crippen LogP contribution in [-0.4, -0.2) is 41.7 Å². The molecule has 26 heavy (non-hydrogen) atoms. The minimum absolute atomic E-state index is 0.157. The summed E-state index contributed by atoms with van der Waals surface area (Å²) in [5.41, 5.74) is 8.58. The molecule has 10 nitrogen and oxygen atoms in total. The van der Waals surface area contributed by atoms with Crippen molar-refractivity contribution in [2.24, 2.45) is 22.9 Å². The van der Waals surface area contributed by atoms with Crippen molar-refractivity contribution in [2.45, 2.75) is 65.2 Å². The number of amides is 1. The summed E-state index contributed by atoms with van der Waals surface area (Å²) in [6, 6.07) is -1.38. The number of azide groups is 1. The molecule has 1 amide bonds. The largest absolute Gasteiger partial charge is 0.466 e. The van der Waals surface area contributed by atoms with Crippen LogP contribution in [0.2, 0.25) is 0 Å². The summed E-state index contributed by atoms with van der Waals surface area (Å²) in [5.74, 6) is -3.96. The summed E-state index contributed by atoms with van der Waals surface area (Å²) in [6.07, 6.45) is 0.00584. The SMILES string of the molecule is CCOC(=O)[C@@H]1C[C@H]([N+](=O)[O-])[C@@H](C(=O)N=[N+]=[N-])[C@H](OC(CC)CC)[C@@H]1C. The van der Waals surface area contributed by atoms with Crippen LogP contribution in [0.5, 0.6) is 0 Å². The molecular weight excluding hydrogens is 344 g/mol. The van der Waals surface area contributed by atoms with Gasteiger partial charge in [-0.25, -0.2) is 0 Å². The average Bonchev–Trinajstić information content (AvgIpc) is 2.60. The van der Waals surface area contributed by atoms with Crippen LogP contribution in [0.3, 0.4) is 0 Å². The van der Waals surface area contributed by atoms with Crippen LogP contribution in [0, 0.1) is 27.9 Å². The average molecular weight is 370 g/mol. The topological polar surface area (TPSA) is 144 Å². The fraction of sp³-hybridized carbons (Fsp3) is 0.875. The highest BCUT2D eigenvalue weighted by Crippen LogP contribution is 2.40. The molecule has 0 heterocycles. The van der Waals surface area contributed by atoms with Gasteiger partial charge in [0.1, 0.15) is 5.92 Å². The molecular formula is C16H26N4O6. The van der Waals surface area contributed by atoms with E-state index in [4.69, 9.17) is 15.0 Å². The summed E-state index contributed by atoms with van der Waals surface area (Å²) >= 11 is 0. The first-order chi connectivity index (χ1) is 12.3. The molecule has 0 aliphatic heterocycles. The van der Waals surface area contributed by atoms with Crippen LogP contribution in [0.1, 0.15) is 47.0 Å². The lowest BCUT2D eigenvalue weighted by atomic mass is 9.69. The Morgan fingerprint density at radius 3 is 2.42 bits per heavy atom. The standard InChI is InChI=1S/C16H26N4O6/c1-5-10(6-2)26-14-9(4)11(16(22)25-7-3)8-12(20(23)24)13(14)15(21)18-19-17/h9-14H,5-8H2,1-4H3/t9-,11-,12+,13-,14-/m1/s1. The van der Waals surface area contributed by atoms with Crippen molar-refractivity contribution in [2.75, 3.05) is 6.61 Å². The van der Waals surface area contributed by atoms with Crippen LogP contribution in [0.4, 0.5) is 0 Å². The number of nitrogens with zero attached hydrogens (tertiary/aromatic N) is 4. The van der Waals surface area contributed by atoms with E-state index in [1.807, 2.05) is 13.8 Å². The summed E-state index contributed by atoms with van der Waals surface area (Å²) in [6.45, 7) is 7.33. The molecule has 1 fully saturated rings. The van der Waals surface area contributed by atoms with Gasteiger partial charge < -0.3 is 9.47 Å². The molecule has 0 aromatic heterocycles. The lowest BCUT2D eigenvalue weighted by Crippen LogP contribution is -2.55. The molecule has 1 saturated carbocycles. The van der Waals surface area contributed by atoms with Crippen molar-refractivity contribution >= 4 is 11.9 Å². The van der Waals surface area contributed by atoms with Gasteiger partial charge in [0.15, 0.2) is 0 Å². The number of nitro groups is 1. The molecule has 5 atom stereocenters. The first kappa shape index (κ1) is 21.9. The maximum atomic E-state index is 12.3. The zero-order chi connectivity index (χ0) is 19.9. The van der Waals surface area contributed by atoms with Crippen LogP contribution < -0.4 is 0 Å².